The fourth-order valence-electron chi connectivity index (χ4n) is 4.44. The number of nitrogens with zero attached hydrogens (tertiary/aromatic N) is 1. The van der Waals surface area contributed by atoms with Gasteiger partial charge in [-0.1, -0.05) is 29.8 Å². The number of nitrogen functional groups attached to an aromatic ring is 1. The summed E-state index contributed by atoms with van der Waals surface area (Å²) in [4.78, 5) is 16.3. The van der Waals surface area contributed by atoms with E-state index in [0.29, 0.717) is 10.9 Å². The van der Waals surface area contributed by atoms with E-state index in [-0.39, 0.29) is 29.1 Å². The molecule has 0 spiro atoms. The molecule has 0 radical (unpaired) electrons. The highest BCUT2D eigenvalue weighted by atomic mass is 19.4. The van der Waals surface area contributed by atoms with Crippen molar-refractivity contribution in [3.05, 3.63) is 70.9 Å². The zero-order chi connectivity index (χ0) is 22.2. The van der Waals surface area contributed by atoms with Crippen LogP contribution < -0.4 is 11.1 Å². The molecule has 0 bridgehead atoms. The number of anilines is 1. The second kappa shape index (κ2) is 8.21. The molecule has 0 unspecified atom stereocenters. The van der Waals surface area contributed by atoms with Crippen LogP contribution in [0.2, 0.25) is 0 Å². The van der Waals surface area contributed by atoms with Gasteiger partial charge in [-0.25, -0.2) is 4.98 Å². The van der Waals surface area contributed by atoms with E-state index in [1.807, 2.05) is 31.2 Å². The van der Waals surface area contributed by atoms with Crippen molar-refractivity contribution in [3.63, 3.8) is 0 Å². The lowest BCUT2D eigenvalue weighted by molar-refractivity contribution is -0.140. The Balaban J connectivity index is 1.49. The van der Waals surface area contributed by atoms with Crippen LogP contribution in [-0.4, -0.2) is 16.9 Å². The molecule has 1 amide bonds. The summed E-state index contributed by atoms with van der Waals surface area (Å²) in [6.07, 6.45) is -1.30. The Morgan fingerprint density at radius 3 is 2.45 bits per heavy atom. The van der Waals surface area contributed by atoms with Crippen molar-refractivity contribution in [1.29, 1.82) is 0 Å². The molecule has 1 aromatic heterocycles. The fourth-order valence-corrected chi connectivity index (χ4v) is 4.44. The number of carbonyl (C=O) groups excluding carboxylic acids is 1. The molecular weight excluding hydrogens is 403 g/mol. The third-order valence-corrected chi connectivity index (χ3v) is 5.97. The first-order valence-electron chi connectivity index (χ1n) is 10.4. The van der Waals surface area contributed by atoms with Gasteiger partial charge in [0.05, 0.1) is 5.52 Å². The van der Waals surface area contributed by atoms with Gasteiger partial charge in [-0.15, -0.1) is 0 Å². The van der Waals surface area contributed by atoms with Crippen molar-refractivity contribution in [3.8, 4) is 0 Å². The highest BCUT2D eigenvalue weighted by molar-refractivity contribution is 5.95. The van der Waals surface area contributed by atoms with Crippen LogP contribution in [0.4, 0.5) is 18.9 Å². The van der Waals surface area contributed by atoms with Crippen LogP contribution in [-0.2, 0) is 6.18 Å². The average molecular weight is 427 g/mol. The number of hydrogen-bond acceptors (Lipinski definition) is 3. The summed E-state index contributed by atoms with van der Waals surface area (Å²) in [5.41, 5.74) is 8.04. The number of pyridine rings is 1. The summed E-state index contributed by atoms with van der Waals surface area (Å²) >= 11 is 0. The van der Waals surface area contributed by atoms with Crippen molar-refractivity contribution < 1.29 is 18.0 Å². The summed E-state index contributed by atoms with van der Waals surface area (Å²) in [6, 6.07) is 13.7. The van der Waals surface area contributed by atoms with Gasteiger partial charge in [0.15, 0.2) is 0 Å². The number of benzene rings is 2. The van der Waals surface area contributed by atoms with Gasteiger partial charge in [-0.05, 0) is 68.4 Å². The van der Waals surface area contributed by atoms with Crippen LogP contribution in [0.25, 0.3) is 10.9 Å². The van der Waals surface area contributed by atoms with Gasteiger partial charge in [-0.3, -0.25) is 4.79 Å². The highest BCUT2D eigenvalue weighted by Gasteiger charge is 2.34. The molecule has 4 rings (SSSR count). The number of aryl methyl sites for hydroxylation is 1. The number of carbonyl (C=O) groups is 1. The van der Waals surface area contributed by atoms with Crippen LogP contribution in [0.15, 0.2) is 48.5 Å². The Bertz CT molecular complexity index is 1120. The van der Waals surface area contributed by atoms with E-state index in [1.165, 1.54) is 0 Å². The summed E-state index contributed by atoms with van der Waals surface area (Å²) in [5.74, 6) is 0.0853. The maximum atomic E-state index is 13.1. The van der Waals surface area contributed by atoms with E-state index in [4.69, 9.17) is 5.73 Å². The Hall–Kier alpha value is -3.09. The molecule has 1 aliphatic rings. The lowest BCUT2D eigenvalue weighted by atomic mass is 9.80. The zero-order valence-corrected chi connectivity index (χ0v) is 17.2. The van der Waals surface area contributed by atoms with E-state index in [2.05, 4.69) is 10.3 Å². The number of halogens is 3. The van der Waals surface area contributed by atoms with Crippen molar-refractivity contribution in [2.75, 3.05) is 5.73 Å². The van der Waals surface area contributed by atoms with Crippen molar-refractivity contribution in [1.82, 2.24) is 10.3 Å². The predicted octanol–water partition coefficient (Wildman–Crippen LogP) is 5.60. The Kier molecular flexibility index (Phi) is 5.60. The average Bonchev–Trinajstić information content (AvgIpc) is 2.73. The number of nitrogens with one attached hydrogen (secondary N) is 1. The van der Waals surface area contributed by atoms with Gasteiger partial charge >= 0.3 is 6.18 Å². The molecule has 4 nitrogen and oxygen atoms in total. The first kappa shape index (κ1) is 21.2. The number of alkyl halides is 3. The topological polar surface area (TPSA) is 68.0 Å². The largest absolute Gasteiger partial charge is 0.433 e. The van der Waals surface area contributed by atoms with Crippen LogP contribution in [0.5, 0.6) is 0 Å². The normalized spacial score (nSPS) is 19.4. The van der Waals surface area contributed by atoms with E-state index < -0.39 is 11.9 Å². The zero-order valence-electron chi connectivity index (χ0n) is 17.2. The maximum absolute atomic E-state index is 13.1. The van der Waals surface area contributed by atoms with Gasteiger partial charge < -0.3 is 11.1 Å². The van der Waals surface area contributed by atoms with Gasteiger partial charge in [0.25, 0.3) is 5.91 Å². The lowest BCUT2D eigenvalue weighted by Crippen LogP contribution is -2.37. The summed E-state index contributed by atoms with van der Waals surface area (Å²) < 4.78 is 39.3. The molecule has 0 aliphatic heterocycles. The van der Waals surface area contributed by atoms with Gasteiger partial charge in [0, 0.05) is 22.7 Å². The number of hydrogen-bond donors (Lipinski definition) is 2. The molecule has 0 saturated heterocycles. The van der Waals surface area contributed by atoms with Crippen LogP contribution >= 0.6 is 0 Å². The van der Waals surface area contributed by atoms with E-state index in [1.54, 1.807) is 18.2 Å². The predicted molar refractivity (Wildman–Crippen MR) is 115 cm³/mol. The Morgan fingerprint density at radius 2 is 1.77 bits per heavy atom. The minimum atomic E-state index is -4.54. The van der Waals surface area contributed by atoms with E-state index in [0.717, 1.165) is 42.9 Å². The number of aromatic nitrogens is 1. The van der Waals surface area contributed by atoms with Gasteiger partial charge in [-0.2, -0.15) is 13.2 Å². The van der Waals surface area contributed by atoms with Crippen LogP contribution in [0.3, 0.4) is 0 Å². The van der Waals surface area contributed by atoms with Gasteiger partial charge in [0.1, 0.15) is 5.69 Å². The van der Waals surface area contributed by atoms with Crippen molar-refractivity contribution in [2.45, 2.75) is 50.7 Å². The third kappa shape index (κ3) is 4.50. The standard InChI is InChI=1S/C24H24F3N3O/c1-14-4-2-5-16(12-14)23(31)29-17-10-8-15(9-11-17)18-6-3-7-20-22(18)19(28)13-21(30-20)24(25,26)27/h2-7,12-13,15,17H,8-11H2,1H3,(H2,28,30)(H,29,31). The summed E-state index contributed by atoms with van der Waals surface area (Å²) in [7, 11) is 0. The molecule has 7 heteroatoms. The molecule has 1 aliphatic carbocycles. The molecule has 31 heavy (non-hydrogen) atoms. The molecule has 3 N–H and O–H groups in total. The first-order valence-corrected chi connectivity index (χ1v) is 10.4. The molecule has 1 saturated carbocycles. The number of nitrogens with two attached hydrogens (primary N) is 1. The van der Waals surface area contributed by atoms with E-state index >= 15 is 0 Å². The first-order chi connectivity index (χ1) is 14.7. The lowest BCUT2D eigenvalue weighted by Gasteiger charge is -2.30. The molecule has 1 heterocycles. The van der Waals surface area contributed by atoms with Crippen molar-refractivity contribution in [2.24, 2.45) is 0 Å². The quantitative estimate of drug-likeness (QED) is 0.572. The summed E-state index contributed by atoms with van der Waals surface area (Å²) in [6.45, 7) is 1.95. The SMILES string of the molecule is Cc1cccc(C(=O)NC2CCC(c3cccc4nc(C(F)(F)F)cc(N)c34)CC2)c1. The Morgan fingerprint density at radius 1 is 1.06 bits per heavy atom. The Labute approximate surface area is 178 Å². The van der Waals surface area contributed by atoms with Crippen LogP contribution in [0, 0.1) is 6.92 Å². The molecule has 0 atom stereocenters. The monoisotopic (exact) mass is 427 g/mol. The third-order valence-electron chi connectivity index (χ3n) is 5.97. The molecule has 1 fully saturated rings. The number of rotatable bonds is 3. The van der Waals surface area contributed by atoms with E-state index in [9.17, 15) is 18.0 Å². The number of fused-ring (bicyclic) bond motifs is 1. The number of amides is 1. The molecule has 162 valence electrons. The van der Waals surface area contributed by atoms with Crippen molar-refractivity contribution >= 4 is 22.5 Å². The molecule has 3 aromatic rings. The maximum Gasteiger partial charge on any atom is 0.433 e. The highest BCUT2D eigenvalue weighted by Crippen LogP contribution is 2.40. The van der Waals surface area contributed by atoms with Gasteiger partial charge in [0.2, 0.25) is 0 Å². The summed E-state index contributed by atoms with van der Waals surface area (Å²) in [5, 5.41) is 3.71. The molecular formula is C24H24F3N3O. The second-order valence-electron chi connectivity index (χ2n) is 8.23. The molecule has 2 aromatic carbocycles. The minimum Gasteiger partial charge on any atom is -0.398 e. The smallest absolute Gasteiger partial charge is 0.398 e. The fraction of sp³-hybridized carbons (Fsp3) is 0.333. The van der Waals surface area contributed by atoms with Crippen LogP contribution in [0.1, 0.15) is 58.8 Å². The second-order valence-corrected chi connectivity index (χ2v) is 8.23. The minimum absolute atomic E-state index is 0.0755.